The maximum atomic E-state index is 12.7. The van der Waals surface area contributed by atoms with E-state index < -0.39 is 28.4 Å². The van der Waals surface area contributed by atoms with E-state index in [2.05, 4.69) is 5.32 Å². The summed E-state index contributed by atoms with van der Waals surface area (Å²) in [6, 6.07) is 13.0. The summed E-state index contributed by atoms with van der Waals surface area (Å²) in [6.07, 6.45) is 0. The van der Waals surface area contributed by atoms with E-state index in [-0.39, 0.29) is 10.5 Å². The summed E-state index contributed by atoms with van der Waals surface area (Å²) >= 11 is 0. The topological polar surface area (TPSA) is 104 Å². The van der Waals surface area contributed by atoms with Crippen molar-refractivity contribution in [2.75, 3.05) is 6.54 Å². The van der Waals surface area contributed by atoms with Crippen LogP contribution in [0.25, 0.3) is 0 Å². The van der Waals surface area contributed by atoms with E-state index in [9.17, 15) is 18.0 Å². The largest absolute Gasteiger partial charge is 0.480 e. The molecule has 1 amide bonds. The zero-order valence-corrected chi connectivity index (χ0v) is 14.0. The summed E-state index contributed by atoms with van der Waals surface area (Å²) in [5.41, 5.74) is 2.16. The van der Waals surface area contributed by atoms with Crippen molar-refractivity contribution in [3.8, 4) is 0 Å². The molecule has 2 aromatic carbocycles. The van der Waals surface area contributed by atoms with Crippen molar-refractivity contribution in [2.24, 2.45) is 0 Å². The zero-order valence-electron chi connectivity index (χ0n) is 13.2. The van der Waals surface area contributed by atoms with E-state index in [0.717, 1.165) is 11.1 Å². The number of hydrogen-bond acceptors (Lipinski definition) is 4. The van der Waals surface area contributed by atoms with Crippen LogP contribution in [0, 0.1) is 0 Å². The standard InChI is InChI=1S/C17H16N2O5S/c20-16(21)9-18-17(22)12-5-7-15(8-6-12)25(23,24)19-10-13-3-1-2-4-14(13)11-19/h1-8H,9-11H2,(H,18,22)(H,20,21). The van der Waals surface area contributed by atoms with E-state index in [1.807, 2.05) is 24.3 Å². The number of carbonyl (C=O) groups excluding carboxylic acids is 1. The molecule has 0 saturated carbocycles. The Hall–Kier alpha value is -2.71. The van der Waals surface area contributed by atoms with Crippen molar-refractivity contribution >= 4 is 21.9 Å². The Morgan fingerprint density at radius 3 is 2.08 bits per heavy atom. The van der Waals surface area contributed by atoms with Crippen LogP contribution in [0.3, 0.4) is 0 Å². The molecule has 130 valence electrons. The lowest BCUT2D eigenvalue weighted by Gasteiger charge is -2.15. The lowest BCUT2D eigenvalue weighted by atomic mass is 10.1. The van der Waals surface area contributed by atoms with Gasteiger partial charge in [0.25, 0.3) is 5.91 Å². The molecule has 0 fully saturated rings. The highest BCUT2D eigenvalue weighted by Crippen LogP contribution is 2.28. The first kappa shape index (κ1) is 17.1. The number of sulfonamides is 1. The van der Waals surface area contributed by atoms with Crippen LogP contribution in [-0.2, 0) is 27.9 Å². The van der Waals surface area contributed by atoms with Crippen LogP contribution in [0.4, 0.5) is 0 Å². The van der Waals surface area contributed by atoms with Gasteiger partial charge in [-0.15, -0.1) is 0 Å². The third-order valence-corrected chi connectivity index (χ3v) is 5.77. The molecule has 2 aromatic rings. The summed E-state index contributed by atoms with van der Waals surface area (Å²) < 4.78 is 26.9. The van der Waals surface area contributed by atoms with Gasteiger partial charge in [0.1, 0.15) is 6.54 Å². The molecule has 7 nitrogen and oxygen atoms in total. The van der Waals surface area contributed by atoms with Gasteiger partial charge in [0, 0.05) is 18.7 Å². The van der Waals surface area contributed by atoms with Gasteiger partial charge in [-0.3, -0.25) is 9.59 Å². The fourth-order valence-corrected chi connectivity index (χ4v) is 4.05. The van der Waals surface area contributed by atoms with Crippen molar-refractivity contribution in [3.63, 3.8) is 0 Å². The van der Waals surface area contributed by atoms with Crippen LogP contribution in [0.5, 0.6) is 0 Å². The summed E-state index contributed by atoms with van der Waals surface area (Å²) in [6.45, 7) is 0.142. The van der Waals surface area contributed by atoms with E-state index in [0.29, 0.717) is 13.1 Å². The van der Waals surface area contributed by atoms with Crippen molar-refractivity contribution in [3.05, 3.63) is 65.2 Å². The molecule has 0 atom stereocenters. The smallest absolute Gasteiger partial charge is 0.322 e. The maximum Gasteiger partial charge on any atom is 0.322 e. The van der Waals surface area contributed by atoms with Gasteiger partial charge in [-0.1, -0.05) is 24.3 Å². The first-order valence-electron chi connectivity index (χ1n) is 7.55. The van der Waals surface area contributed by atoms with E-state index in [1.54, 1.807) is 0 Å². The van der Waals surface area contributed by atoms with Gasteiger partial charge in [0.05, 0.1) is 4.90 Å². The molecule has 0 spiro atoms. The number of fused-ring (bicyclic) bond motifs is 1. The van der Waals surface area contributed by atoms with Gasteiger partial charge in [0.15, 0.2) is 0 Å². The number of hydrogen-bond donors (Lipinski definition) is 2. The van der Waals surface area contributed by atoms with Gasteiger partial charge >= 0.3 is 5.97 Å². The summed E-state index contributed by atoms with van der Waals surface area (Å²) in [7, 11) is -3.67. The van der Waals surface area contributed by atoms with Crippen LogP contribution >= 0.6 is 0 Å². The molecular weight excluding hydrogens is 344 g/mol. The molecule has 0 unspecified atom stereocenters. The predicted octanol–water partition coefficient (Wildman–Crippen LogP) is 1.21. The molecular formula is C17H16N2O5S. The average molecular weight is 360 g/mol. The number of rotatable bonds is 5. The number of nitrogens with one attached hydrogen (secondary N) is 1. The molecule has 0 saturated heterocycles. The molecule has 0 radical (unpaired) electrons. The number of aliphatic carboxylic acids is 1. The first-order valence-corrected chi connectivity index (χ1v) is 8.99. The number of benzene rings is 2. The molecule has 1 heterocycles. The summed E-state index contributed by atoms with van der Waals surface area (Å²) in [5, 5.41) is 10.8. The van der Waals surface area contributed by atoms with Crippen LogP contribution < -0.4 is 5.32 Å². The Morgan fingerprint density at radius 2 is 1.56 bits per heavy atom. The summed E-state index contributed by atoms with van der Waals surface area (Å²) in [4.78, 5) is 22.3. The molecule has 0 bridgehead atoms. The molecule has 25 heavy (non-hydrogen) atoms. The number of carboxylic acid groups (broad SMARTS) is 1. The minimum atomic E-state index is -3.67. The summed E-state index contributed by atoms with van der Waals surface area (Å²) in [5.74, 6) is -1.72. The van der Waals surface area contributed by atoms with Gasteiger partial charge < -0.3 is 10.4 Å². The zero-order chi connectivity index (χ0) is 18.0. The lowest BCUT2D eigenvalue weighted by Crippen LogP contribution is -2.29. The van der Waals surface area contributed by atoms with Crippen LogP contribution in [0.15, 0.2) is 53.4 Å². The van der Waals surface area contributed by atoms with Gasteiger partial charge in [-0.25, -0.2) is 8.42 Å². The van der Waals surface area contributed by atoms with Crippen LogP contribution in [0.2, 0.25) is 0 Å². The predicted molar refractivity (Wildman–Crippen MR) is 89.3 cm³/mol. The Labute approximate surface area is 144 Å². The van der Waals surface area contributed by atoms with Crippen LogP contribution in [-0.4, -0.2) is 36.3 Å². The van der Waals surface area contributed by atoms with Crippen LogP contribution in [0.1, 0.15) is 21.5 Å². The van der Waals surface area contributed by atoms with Crippen molar-refractivity contribution in [1.82, 2.24) is 9.62 Å². The molecule has 0 aromatic heterocycles. The van der Waals surface area contributed by atoms with E-state index >= 15 is 0 Å². The fraction of sp³-hybridized carbons (Fsp3) is 0.176. The average Bonchev–Trinajstić information content (AvgIpc) is 3.04. The van der Waals surface area contributed by atoms with Gasteiger partial charge in [0.2, 0.25) is 10.0 Å². The molecule has 0 aliphatic carbocycles. The number of nitrogens with zero attached hydrogens (tertiary/aromatic N) is 1. The molecule has 8 heteroatoms. The lowest BCUT2D eigenvalue weighted by molar-refractivity contribution is -0.135. The minimum Gasteiger partial charge on any atom is -0.480 e. The van der Waals surface area contributed by atoms with E-state index in [1.165, 1.54) is 28.6 Å². The number of carboxylic acids is 1. The highest BCUT2D eigenvalue weighted by Gasteiger charge is 2.30. The maximum absolute atomic E-state index is 12.7. The van der Waals surface area contributed by atoms with Crippen molar-refractivity contribution < 1.29 is 23.1 Å². The number of amides is 1. The van der Waals surface area contributed by atoms with Gasteiger partial charge in [-0.05, 0) is 35.4 Å². The van der Waals surface area contributed by atoms with Gasteiger partial charge in [-0.2, -0.15) is 4.31 Å². The van der Waals surface area contributed by atoms with Crippen molar-refractivity contribution in [2.45, 2.75) is 18.0 Å². The first-order chi connectivity index (χ1) is 11.9. The Bertz CT molecular complexity index is 897. The molecule has 3 rings (SSSR count). The fourth-order valence-electron chi connectivity index (χ4n) is 2.66. The quantitative estimate of drug-likeness (QED) is 0.834. The number of carbonyl (C=O) groups is 2. The Balaban J connectivity index is 1.76. The molecule has 2 N–H and O–H groups in total. The highest BCUT2D eigenvalue weighted by atomic mass is 32.2. The third kappa shape index (κ3) is 3.54. The second kappa shape index (κ2) is 6.66. The van der Waals surface area contributed by atoms with Crippen molar-refractivity contribution in [1.29, 1.82) is 0 Å². The Kier molecular flexibility index (Phi) is 4.56. The minimum absolute atomic E-state index is 0.0927. The normalized spacial score (nSPS) is 14.1. The second-order valence-corrected chi connectivity index (χ2v) is 7.58. The SMILES string of the molecule is O=C(O)CNC(=O)c1ccc(S(=O)(=O)N2Cc3ccccc3C2)cc1. The molecule has 1 aliphatic rings. The Morgan fingerprint density at radius 1 is 1.00 bits per heavy atom. The highest BCUT2D eigenvalue weighted by molar-refractivity contribution is 7.89. The second-order valence-electron chi connectivity index (χ2n) is 5.64. The molecule has 1 aliphatic heterocycles. The monoisotopic (exact) mass is 360 g/mol. The third-order valence-electron chi connectivity index (χ3n) is 3.97. The van der Waals surface area contributed by atoms with E-state index in [4.69, 9.17) is 5.11 Å².